The van der Waals surface area contributed by atoms with Crippen molar-refractivity contribution in [2.75, 3.05) is 6.54 Å². The van der Waals surface area contributed by atoms with Crippen molar-refractivity contribution in [1.82, 2.24) is 4.90 Å². The van der Waals surface area contributed by atoms with Gasteiger partial charge in [-0.15, -0.1) is 0 Å². The van der Waals surface area contributed by atoms with Gasteiger partial charge in [0.25, 0.3) is 0 Å². The Hall–Kier alpha value is -0.730. The fraction of sp³-hybridized carbons (Fsp3) is 0.933. The van der Waals surface area contributed by atoms with E-state index >= 15 is 0 Å². The Labute approximate surface area is 111 Å². The highest BCUT2D eigenvalue weighted by molar-refractivity contribution is 5.81. The Bertz CT molecular complexity index is 346. The standard InChI is InChI=1S/C15H27N3/c1-11-7-8-15(9-12(11)2)10-17-14(16)18(15)13-5-3-4-6-13/h11-13H,3-10H2,1-2H3,(H2,16,17). The first-order valence-electron chi connectivity index (χ1n) is 7.72. The Morgan fingerprint density at radius 2 is 1.89 bits per heavy atom. The number of hydrogen-bond acceptors (Lipinski definition) is 3. The van der Waals surface area contributed by atoms with E-state index in [0.717, 1.165) is 24.3 Å². The molecule has 2 fully saturated rings. The summed E-state index contributed by atoms with van der Waals surface area (Å²) in [5, 5.41) is 0. The second-order valence-electron chi connectivity index (χ2n) is 6.90. The number of nitrogens with zero attached hydrogens (tertiary/aromatic N) is 2. The highest BCUT2D eigenvalue weighted by Crippen LogP contribution is 2.44. The van der Waals surface area contributed by atoms with Crippen molar-refractivity contribution in [1.29, 1.82) is 0 Å². The van der Waals surface area contributed by atoms with Crippen molar-refractivity contribution in [2.24, 2.45) is 22.6 Å². The molecule has 1 heterocycles. The molecule has 0 aromatic rings. The predicted octanol–water partition coefficient (Wildman–Crippen LogP) is 2.75. The lowest BCUT2D eigenvalue weighted by Crippen LogP contribution is -2.58. The van der Waals surface area contributed by atoms with Gasteiger partial charge in [0, 0.05) is 6.04 Å². The van der Waals surface area contributed by atoms with Crippen LogP contribution in [-0.2, 0) is 0 Å². The van der Waals surface area contributed by atoms with Crippen LogP contribution in [-0.4, -0.2) is 29.0 Å². The van der Waals surface area contributed by atoms with Gasteiger partial charge in [-0.05, 0) is 43.9 Å². The number of hydrogen-bond donors (Lipinski definition) is 1. The molecular formula is C15H27N3. The summed E-state index contributed by atoms with van der Waals surface area (Å²) in [5.41, 5.74) is 6.50. The molecule has 2 N–H and O–H groups in total. The molecule has 3 unspecified atom stereocenters. The molecule has 2 saturated carbocycles. The second kappa shape index (κ2) is 4.43. The van der Waals surface area contributed by atoms with Crippen LogP contribution < -0.4 is 5.73 Å². The maximum atomic E-state index is 6.22. The highest BCUT2D eigenvalue weighted by Gasteiger charge is 2.48. The van der Waals surface area contributed by atoms with E-state index in [2.05, 4.69) is 23.7 Å². The molecule has 0 aromatic heterocycles. The van der Waals surface area contributed by atoms with Crippen molar-refractivity contribution in [3.05, 3.63) is 0 Å². The molecule has 0 aromatic carbocycles. The van der Waals surface area contributed by atoms with Crippen LogP contribution in [0.25, 0.3) is 0 Å². The van der Waals surface area contributed by atoms with E-state index in [4.69, 9.17) is 5.73 Å². The Kier molecular flexibility index (Phi) is 3.03. The van der Waals surface area contributed by atoms with E-state index in [9.17, 15) is 0 Å². The topological polar surface area (TPSA) is 41.6 Å². The zero-order valence-electron chi connectivity index (χ0n) is 11.9. The largest absolute Gasteiger partial charge is 0.370 e. The SMILES string of the molecule is CC1CCC2(CN=C(N)N2C2CCCC2)CC1C. The highest BCUT2D eigenvalue weighted by atomic mass is 15.4. The van der Waals surface area contributed by atoms with Gasteiger partial charge in [0.05, 0.1) is 12.1 Å². The molecule has 3 heteroatoms. The summed E-state index contributed by atoms with van der Waals surface area (Å²) in [4.78, 5) is 7.16. The zero-order chi connectivity index (χ0) is 12.8. The molecule has 0 amide bonds. The summed E-state index contributed by atoms with van der Waals surface area (Å²) in [6.45, 7) is 5.76. The van der Waals surface area contributed by atoms with Crippen LogP contribution in [0.5, 0.6) is 0 Å². The minimum Gasteiger partial charge on any atom is -0.370 e. The minimum atomic E-state index is 0.283. The van der Waals surface area contributed by atoms with Gasteiger partial charge in [0.2, 0.25) is 0 Å². The summed E-state index contributed by atoms with van der Waals surface area (Å²) in [7, 11) is 0. The third kappa shape index (κ3) is 1.83. The van der Waals surface area contributed by atoms with Gasteiger partial charge < -0.3 is 10.6 Å². The molecule has 1 aliphatic heterocycles. The second-order valence-corrected chi connectivity index (χ2v) is 6.90. The molecule has 1 spiro atoms. The van der Waals surface area contributed by atoms with Crippen molar-refractivity contribution >= 4 is 5.96 Å². The third-order valence-electron chi connectivity index (χ3n) is 5.72. The Balaban J connectivity index is 1.82. The lowest BCUT2D eigenvalue weighted by molar-refractivity contribution is 0.0589. The van der Waals surface area contributed by atoms with Crippen LogP contribution in [0.2, 0.25) is 0 Å². The van der Waals surface area contributed by atoms with Crippen LogP contribution in [0.1, 0.15) is 58.8 Å². The average Bonchev–Trinajstić information content (AvgIpc) is 2.94. The van der Waals surface area contributed by atoms with E-state index in [-0.39, 0.29) is 5.54 Å². The summed E-state index contributed by atoms with van der Waals surface area (Å²) in [6, 6.07) is 0.678. The van der Waals surface area contributed by atoms with Gasteiger partial charge in [0.15, 0.2) is 5.96 Å². The molecule has 0 bridgehead atoms. The van der Waals surface area contributed by atoms with Crippen molar-refractivity contribution in [3.63, 3.8) is 0 Å². The van der Waals surface area contributed by atoms with Crippen molar-refractivity contribution < 1.29 is 0 Å². The van der Waals surface area contributed by atoms with Crippen LogP contribution in [0.4, 0.5) is 0 Å². The summed E-state index contributed by atoms with van der Waals surface area (Å²) >= 11 is 0. The zero-order valence-corrected chi connectivity index (χ0v) is 11.9. The molecule has 18 heavy (non-hydrogen) atoms. The molecule has 3 rings (SSSR count). The first kappa shape index (κ1) is 12.3. The fourth-order valence-electron chi connectivity index (χ4n) is 4.41. The van der Waals surface area contributed by atoms with E-state index in [1.165, 1.54) is 44.9 Å². The van der Waals surface area contributed by atoms with Gasteiger partial charge in [-0.25, -0.2) is 0 Å². The summed E-state index contributed by atoms with van der Waals surface area (Å²) < 4.78 is 0. The Morgan fingerprint density at radius 1 is 1.17 bits per heavy atom. The number of nitrogens with two attached hydrogens (primary N) is 1. The third-order valence-corrected chi connectivity index (χ3v) is 5.72. The molecule has 102 valence electrons. The first-order chi connectivity index (χ1) is 8.62. The fourth-order valence-corrected chi connectivity index (χ4v) is 4.41. The van der Waals surface area contributed by atoms with Crippen LogP contribution in [0.3, 0.4) is 0 Å². The number of rotatable bonds is 1. The van der Waals surface area contributed by atoms with Gasteiger partial charge >= 0.3 is 0 Å². The Morgan fingerprint density at radius 3 is 2.56 bits per heavy atom. The van der Waals surface area contributed by atoms with Crippen LogP contribution >= 0.6 is 0 Å². The van der Waals surface area contributed by atoms with Gasteiger partial charge in [0.1, 0.15) is 0 Å². The lowest BCUT2D eigenvalue weighted by atomic mass is 9.70. The maximum Gasteiger partial charge on any atom is 0.192 e. The smallest absolute Gasteiger partial charge is 0.192 e. The van der Waals surface area contributed by atoms with Crippen molar-refractivity contribution in [2.45, 2.75) is 70.4 Å². The quantitative estimate of drug-likeness (QED) is 0.776. The first-order valence-corrected chi connectivity index (χ1v) is 7.72. The molecule has 0 saturated heterocycles. The van der Waals surface area contributed by atoms with E-state index in [1.807, 2.05) is 0 Å². The molecule has 3 aliphatic rings. The molecular weight excluding hydrogens is 222 g/mol. The molecule has 0 radical (unpaired) electrons. The predicted molar refractivity (Wildman–Crippen MR) is 75.5 cm³/mol. The van der Waals surface area contributed by atoms with Crippen molar-refractivity contribution in [3.8, 4) is 0 Å². The summed E-state index contributed by atoms with van der Waals surface area (Å²) in [6.07, 6.45) is 9.30. The molecule has 2 aliphatic carbocycles. The number of aliphatic imine (C=N–C) groups is 1. The normalized spacial score (nSPS) is 41.7. The monoisotopic (exact) mass is 249 g/mol. The van der Waals surface area contributed by atoms with Crippen LogP contribution in [0.15, 0.2) is 4.99 Å². The maximum absolute atomic E-state index is 6.22. The van der Waals surface area contributed by atoms with Gasteiger partial charge in [-0.1, -0.05) is 26.7 Å². The molecule has 3 nitrogen and oxygen atoms in total. The summed E-state index contributed by atoms with van der Waals surface area (Å²) in [5.74, 6) is 2.51. The van der Waals surface area contributed by atoms with Gasteiger partial charge in [-0.2, -0.15) is 0 Å². The number of guanidine groups is 1. The lowest BCUT2D eigenvalue weighted by Gasteiger charge is -2.48. The van der Waals surface area contributed by atoms with Gasteiger partial charge in [-0.3, -0.25) is 4.99 Å². The average molecular weight is 249 g/mol. The molecule has 3 atom stereocenters. The van der Waals surface area contributed by atoms with Crippen LogP contribution in [0, 0.1) is 11.8 Å². The minimum absolute atomic E-state index is 0.283. The van der Waals surface area contributed by atoms with E-state index < -0.39 is 0 Å². The van der Waals surface area contributed by atoms with E-state index in [0.29, 0.717) is 6.04 Å². The van der Waals surface area contributed by atoms with E-state index in [1.54, 1.807) is 0 Å².